The second kappa shape index (κ2) is 9.98. The molecule has 0 spiro atoms. The van der Waals surface area contributed by atoms with E-state index in [2.05, 4.69) is 24.0 Å². The lowest BCUT2D eigenvalue weighted by atomic mass is 10.0. The molecule has 28 heavy (non-hydrogen) atoms. The van der Waals surface area contributed by atoms with Gasteiger partial charge in [-0.1, -0.05) is 37.6 Å². The van der Waals surface area contributed by atoms with E-state index in [4.69, 9.17) is 4.74 Å². The zero-order valence-electron chi connectivity index (χ0n) is 16.7. The Morgan fingerprint density at radius 3 is 2.50 bits per heavy atom. The molecule has 1 heterocycles. The first-order chi connectivity index (χ1) is 13.7. The van der Waals surface area contributed by atoms with Gasteiger partial charge in [0.05, 0.1) is 24.3 Å². The zero-order chi connectivity index (χ0) is 19.8. The van der Waals surface area contributed by atoms with Gasteiger partial charge in [0.2, 0.25) is 5.91 Å². The number of nitriles is 1. The number of carbonyl (C=O) groups excluding carboxylic acids is 1. The summed E-state index contributed by atoms with van der Waals surface area (Å²) in [4.78, 5) is 16.8. The highest BCUT2D eigenvalue weighted by Gasteiger charge is 2.24. The summed E-state index contributed by atoms with van der Waals surface area (Å²) >= 11 is 0. The summed E-state index contributed by atoms with van der Waals surface area (Å²) in [7, 11) is 0. The van der Waals surface area contributed by atoms with Gasteiger partial charge in [-0.25, -0.2) is 0 Å². The fourth-order valence-corrected chi connectivity index (χ4v) is 3.59. The summed E-state index contributed by atoms with van der Waals surface area (Å²) in [5.41, 5.74) is 2.83. The van der Waals surface area contributed by atoms with Gasteiger partial charge in [-0.15, -0.1) is 0 Å². The molecule has 5 heteroatoms. The van der Waals surface area contributed by atoms with Crippen molar-refractivity contribution in [3.8, 4) is 11.8 Å². The van der Waals surface area contributed by atoms with Crippen molar-refractivity contribution in [2.75, 3.05) is 32.8 Å². The molecule has 2 aliphatic rings. The molecule has 148 valence electrons. The van der Waals surface area contributed by atoms with Gasteiger partial charge in [-0.2, -0.15) is 5.26 Å². The van der Waals surface area contributed by atoms with Crippen molar-refractivity contribution in [1.29, 1.82) is 5.26 Å². The van der Waals surface area contributed by atoms with Gasteiger partial charge in [0, 0.05) is 26.2 Å². The minimum atomic E-state index is 0.160. The minimum Gasteiger partial charge on any atom is -0.494 e. The molecule has 1 amide bonds. The van der Waals surface area contributed by atoms with Crippen LogP contribution in [0.3, 0.4) is 0 Å². The van der Waals surface area contributed by atoms with Crippen LogP contribution in [0.5, 0.6) is 5.75 Å². The van der Waals surface area contributed by atoms with Crippen molar-refractivity contribution in [1.82, 2.24) is 9.80 Å². The van der Waals surface area contributed by atoms with Gasteiger partial charge < -0.3 is 14.5 Å². The Kier molecular flexibility index (Phi) is 7.13. The first kappa shape index (κ1) is 20.0. The van der Waals surface area contributed by atoms with Crippen molar-refractivity contribution >= 4 is 5.91 Å². The maximum atomic E-state index is 12.7. The summed E-state index contributed by atoms with van der Waals surface area (Å²) in [6.45, 7) is 5.84. The van der Waals surface area contributed by atoms with Crippen molar-refractivity contribution in [3.63, 3.8) is 0 Å². The van der Waals surface area contributed by atoms with Crippen molar-refractivity contribution in [2.45, 2.75) is 39.0 Å². The minimum absolute atomic E-state index is 0.160. The number of hydrogen-bond donors (Lipinski definition) is 0. The highest BCUT2D eigenvalue weighted by atomic mass is 16.5. The molecular formula is C23H29N3O2. The molecule has 0 atom stereocenters. The first-order valence-corrected chi connectivity index (χ1v) is 10.3. The van der Waals surface area contributed by atoms with Crippen molar-refractivity contribution < 1.29 is 9.53 Å². The largest absolute Gasteiger partial charge is 0.494 e. The van der Waals surface area contributed by atoms with E-state index in [0.29, 0.717) is 19.5 Å². The smallest absolute Gasteiger partial charge is 0.227 e. The number of hydrogen-bond acceptors (Lipinski definition) is 4. The van der Waals surface area contributed by atoms with Crippen LogP contribution in [0.25, 0.3) is 0 Å². The van der Waals surface area contributed by atoms with Gasteiger partial charge >= 0.3 is 0 Å². The van der Waals surface area contributed by atoms with E-state index in [9.17, 15) is 10.1 Å². The third kappa shape index (κ3) is 5.16. The maximum Gasteiger partial charge on any atom is 0.227 e. The van der Waals surface area contributed by atoms with Gasteiger partial charge in [-0.3, -0.25) is 4.79 Å². The molecule has 3 rings (SSSR count). The molecule has 0 N–H and O–H groups in total. The number of carbonyl (C=O) groups is 1. The fourth-order valence-electron chi connectivity index (χ4n) is 3.59. The molecule has 0 saturated carbocycles. The van der Waals surface area contributed by atoms with Crippen LogP contribution >= 0.6 is 0 Å². The maximum absolute atomic E-state index is 12.7. The fraction of sp³-hybridized carbons (Fsp3) is 0.478. The van der Waals surface area contributed by atoms with Crippen LogP contribution in [-0.4, -0.2) is 48.5 Å². The summed E-state index contributed by atoms with van der Waals surface area (Å²) < 4.78 is 5.68. The molecule has 0 bridgehead atoms. The summed E-state index contributed by atoms with van der Waals surface area (Å²) in [6, 6.07) is 10.1. The predicted molar refractivity (Wildman–Crippen MR) is 110 cm³/mol. The van der Waals surface area contributed by atoms with Crippen LogP contribution in [0, 0.1) is 11.3 Å². The van der Waals surface area contributed by atoms with E-state index in [0.717, 1.165) is 68.0 Å². The Morgan fingerprint density at radius 2 is 1.82 bits per heavy atom. The second-order valence-electron chi connectivity index (χ2n) is 7.29. The number of benzene rings is 1. The lowest BCUT2D eigenvalue weighted by molar-refractivity contribution is -0.131. The summed E-state index contributed by atoms with van der Waals surface area (Å²) in [5.74, 6) is 1.02. The third-order valence-electron chi connectivity index (χ3n) is 5.27. The topological polar surface area (TPSA) is 56.6 Å². The van der Waals surface area contributed by atoms with Crippen LogP contribution in [0.1, 0.15) is 38.2 Å². The monoisotopic (exact) mass is 379 g/mol. The van der Waals surface area contributed by atoms with Gasteiger partial charge in [0.1, 0.15) is 11.8 Å². The number of rotatable bonds is 7. The Balaban J connectivity index is 1.48. The number of allylic oxidation sites excluding steroid dienone is 3. The van der Waals surface area contributed by atoms with Crippen molar-refractivity contribution in [3.05, 3.63) is 53.3 Å². The second-order valence-corrected chi connectivity index (χ2v) is 7.29. The predicted octanol–water partition coefficient (Wildman–Crippen LogP) is 3.68. The average Bonchev–Trinajstić information content (AvgIpc) is 2.75. The molecular weight excluding hydrogens is 350 g/mol. The molecule has 1 aliphatic carbocycles. The Bertz CT molecular complexity index is 766. The van der Waals surface area contributed by atoms with E-state index in [1.54, 1.807) is 0 Å². The molecule has 5 nitrogen and oxygen atoms in total. The zero-order valence-corrected chi connectivity index (χ0v) is 16.7. The molecule has 1 fully saturated rings. The van der Waals surface area contributed by atoms with Crippen LogP contribution in [0.2, 0.25) is 0 Å². The highest BCUT2D eigenvalue weighted by molar-refractivity contribution is 5.79. The van der Waals surface area contributed by atoms with Crippen LogP contribution in [0.4, 0.5) is 0 Å². The SMILES string of the molecule is CCCCOc1ccc(CC(=O)N2CCN(C3=CCCC=C3C#N)CC2)cc1. The molecule has 0 radical (unpaired) electrons. The Labute approximate surface area is 167 Å². The molecule has 0 aromatic heterocycles. The van der Waals surface area contributed by atoms with Crippen LogP contribution in [-0.2, 0) is 11.2 Å². The lowest BCUT2D eigenvalue weighted by Gasteiger charge is -2.38. The average molecular weight is 380 g/mol. The Hall–Kier alpha value is -2.74. The van der Waals surface area contributed by atoms with E-state index in [1.807, 2.05) is 35.2 Å². The lowest BCUT2D eigenvalue weighted by Crippen LogP contribution is -2.48. The van der Waals surface area contributed by atoms with E-state index >= 15 is 0 Å². The van der Waals surface area contributed by atoms with Gasteiger partial charge in [-0.05, 0) is 37.0 Å². The third-order valence-corrected chi connectivity index (χ3v) is 5.27. The molecule has 1 aromatic carbocycles. The molecule has 1 aromatic rings. The van der Waals surface area contributed by atoms with Gasteiger partial charge in [0.25, 0.3) is 0 Å². The summed E-state index contributed by atoms with van der Waals surface area (Å²) in [5, 5.41) is 9.32. The normalized spacial score (nSPS) is 16.9. The quantitative estimate of drug-likeness (QED) is 0.678. The molecule has 1 saturated heterocycles. The number of unbranched alkanes of at least 4 members (excludes halogenated alkanes) is 1. The number of amides is 1. The van der Waals surface area contributed by atoms with Crippen molar-refractivity contribution in [2.24, 2.45) is 0 Å². The number of ether oxygens (including phenoxy) is 1. The van der Waals surface area contributed by atoms with E-state index in [-0.39, 0.29) is 5.91 Å². The van der Waals surface area contributed by atoms with Gasteiger partial charge in [0.15, 0.2) is 0 Å². The highest BCUT2D eigenvalue weighted by Crippen LogP contribution is 2.23. The van der Waals surface area contributed by atoms with E-state index < -0.39 is 0 Å². The standard InChI is InChI=1S/C23H29N3O2/c1-2-3-16-28-21-10-8-19(9-11-21)17-23(27)26-14-12-25(13-15-26)22-7-5-4-6-20(22)18-24/h6-11H,2-5,12-17H2,1H3. The first-order valence-electron chi connectivity index (χ1n) is 10.3. The molecule has 1 aliphatic heterocycles. The molecule has 0 unspecified atom stereocenters. The summed E-state index contributed by atoms with van der Waals surface area (Å²) in [6.07, 6.45) is 8.68. The Morgan fingerprint density at radius 1 is 1.11 bits per heavy atom. The van der Waals surface area contributed by atoms with E-state index in [1.165, 1.54) is 0 Å². The number of nitrogens with zero attached hydrogens (tertiary/aromatic N) is 3. The van der Waals surface area contributed by atoms with Crippen LogP contribution in [0.15, 0.2) is 47.7 Å². The number of piperazine rings is 1. The van der Waals surface area contributed by atoms with Crippen LogP contribution < -0.4 is 4.74 Å².